The molecule has 0 aromatic heterocycles. The normalized spacial score (nSPS) is 12.5. The van der Waals surface area contributed by atoms with Crippen LogP contribution in [0.15, 0.2) is 16.6 Å². The highest BCUT2D eigenvalue weighted by atomic mass is 79.9. The molecule has 1 aromatic carbocycles. The molecule has 0 unspecified atom stereocenters. The van der Waals surface area contributed by atoms with Crippen LogP contribution in [0.4, 0.5) is 0 Å². The van der Waals surface area contributed by atoms with E-state index in [9.17, 15) is 5.11 Å². The van der Waals surface area contributed by atoms with Gasteiger partial charge in [0.05, 0.1) is 11.1 Å². The molecule has 0 amide bonds. The smallest absolute Gasteiger partial charge is 0.172 e. The predicted octanol–water partition coefficient (Wildman–Crippen LogP) is 1.51. The zero-order valence-corrected chi connectivity index (χ0v) is 10.1. The Labute approximate surface area is 97.3 Å². The van der Waals surface area contributed by atoms with Gasteiger partial charge in [0.15, 0.2) is 11.5 Å². The van der Waals surface area contributed by atoms with Gasteiger partial charge in [-0.3, -0.25) is 0 Å². The van der Waals surface area contributed by atoms with E-state index in [4.69, 9.17) is 16.2 Å². The monoisotopic (exact) mass is 274 g/mol. The summed E-state index contributed by atoms with van der Waals surface area (Å²) in [6.45, 7) is 2.69. The highest BCUT2D eigenvalue weighted by Gasteiger charge is 2.12. The maximum atomic E-state index is 9.66. The zero-order valence-electron chi connectivity index (χ0n) is 8.53. The van der Waals surface area contributed by atoms with E-state index in [1.807, 2.05) is 6.92 Å². The van der Waals surface area contributed by atoms with E-state index in [1.165, 1.54) is 0 Å². The number of benzene rings is 1. The molecule has 0 radical (unpaired) electrons. The molecule has 0 saturated carbocycles. The van der Waals surface area contributed by atoms with Crippen LogP contribution in [-0.2, 0) is 0 Å². The fourth-order valence-corrected chi connectivity index (χ4v) is 1.67. The lowest BCUT2D eigenvalue weighted by Crippen LogP contribution is -2.20. The van der Waals surface area contributed by atoms with Gasteiger partial charge in [0, 0.05) is 12.6 Å². The highest BCUT2D eigenvalue weighted by Crippen LogP contribution is 2.36. The van der Waals surface area contributed by atoms with Crippen molar-refractivity contribution in [2.24, 2.45) is 11.5 Å². The number of aromatic hydroxyl groups is 1. The molecule has 0 aliphatic heterocycles. The maximum absolute atomic E-state index is 9.66. The van der Waals surface area contributed by atoms with Crippen molar-refractivity contribution >= 4 is 15.9 Å². The minimum atomic E-state index is -0.249. The summed E-state index contributed by atoms with van der Waals surface area (Å²) in [5.41, 5.74) is 12.1. The number of hydrogen-bond acceptors (Lipinski definition) is 4. The van der Waals surface area contributed by atoms with E-state index < -0.39 is 0 Å². The van der Waals surface area contributed by atoms with Crippen LogP contribution in [0.2, 0.25) is 0 Å². The third kappa shape index (κ3) is 2.84. The molecule has 1 aromatic rings. The van der Waals surface area contributed by atoms with Crippen molar-refractivity contribution in [3.63, 3.8) is 0 Å². The number of ether oxygens (including phenoxy) is 1. The Morgan fingerprint density at radius 3 is 2.73 bits per heavy atom. The van der Waals surface area contributed by atoms with Crippen LogP contribution < -0.4 is 16.2 Å². The Hall–Kier alpha value is -0.780. The Morgan fingerprint density at radius 2 is 2.20 bits per heavy atom. The average Bonchev–Trinajstić information content (AvgIpc) is 2.23. The van der Waals surface area contributed by atoms with Crippen molar-refractivity contribution in [1.82, 2.24) is 0 Å². The first-order valence-electron chi connectivity index (χ1n) is 4.71. The number of halogens is 1. The summed E-state index contributed by atoms with van der Waals surface area (Å²) in [4.78, 5) is 0. The van der Waals surface area contributed by atoms with E-state index >= 15 is 0 Å². The lowest BCUT2D eigenvalue weighted by Gasteiger charge is -2.13. The highest BCUT2D eigenvalue weighted by molar-refractivity contribution is 9.10. The number of phenols is 1. The fraction of sp³-hybridized carbons (Fsp3) is 0.400. The second-order valence-corrected chi connectivity index (χ2v) is 3.98. The van der Waals surface area contributed by atoms with Crippen molar-refractivity contribution < 1.29 is 9.84 Å². The van der Waals surface area contributed by atoms with Crippen molar-refractivity contribution in [1.29, 1.82) is 0 Å². The second kappa shape index (κ2) is 5.34. The summed E-state index contributed by atoms with van der Waals surface area (Å²) in [6, 6.07) is 3.21. The second-order valence-electron chi connectivity index (χ2n) is 3.12. The van der Waals surface area contributed by atoms with Crippen LogP contribution in [0.25, 0.3) is 0 Å². The molecule has 15 heavy (non-hydrogen) atoms. The zero-order chi connectivity index (χ0) is 11.4. The Bertz CT molecular complexity index is 344. The van der Waals surface area contributed by atoms with Gasteiger partial charge in [-0.1, -0.05) is 0 Å². The molecule has 0 spiro atoms. The SMILES string of the molecule is CCOc1cc([C@H](N)CN)cc(Br)c1O. The van der Waals surface area contributed by atoms with E-state index in [2.05, 4.69) is 15.9 Å². The molecule has 0 aliphatic carbocycles. The lowest BCUT2D eigenvalue weighted by molar-refractivity contribution is 0.316. The molecule has 0 aliphatic rings. The molecule has 0 fully saturated rings. The van der Waals surface area contributed by atoms with Crippen molar-refractivity contribution in [3.05, 3.63) is 22.2 Å². The molecular formula is C10H15BrN2O2. The maximum Gasteiger partial charge on any atom is 0.172 e. The van der Waals surface area contributed by atoms with Crippen LogP contribution >= 0.6 is 15.9 Å². The molecule has 84 valence electrons. The van der Waals surface area contributed by atoms with Crippen molar-refractivity contribution in [2.45, 2.75) is 13.0 Å². The molecular weight excluding hydrogens is 260 g/mol. The van der Waals surface area contributed by atoms with Gasteiger partial charge in [0.25, 0.3) is 0 Å². The van der Waals surface area contributed by atoms with E-state index in [0.717, 1.165) is 5.56 Å². The molecule has 5 N–H and O–H groups in total. The number of hydrogen-bond donors (Lipinski definition) is 3. The first kappa shape index (κ1) is 12.3. The van der Waals surface area contributed by atoms with E-state index in [-0.39, 0.29) is 11.8 Å². The molecule has 1 atom stereocenters. The third-order valence-electron chi connectivity index (χ3n) is 2.03. The summed E-state index contributed by atoms with van der Waals surface area (Å²) in [5, 5.41) is 9.66. The fourth-order valence-electron chi connectivity index (χ4n) is 1.21. The van der Waals surface area contributed by atoms with Gasteiger partial charge >= 0.3 is 0 Å². The first-order chi connectivity index (χ1) is 7.10. The summed E-state index contributed by atoms with van der Waals surface area (Å²) in [5.74, 6) is 0.510. The molecule has 5 heteroatoms. The summed E-state index contributed by atoms with van der Waals surface area (Å²) < 4.78 is 5.84. The van der Waals surface area contributed by atoms with Crippen LogP contribution in [0.1, 0.15) is 18.5 Å². The van der Waals surface area contributed by atoms with Gasteiger partial charge in [-0.25, -0.2) is 0 Å². The third-order valence-corrected chi connectivity index (χ3v) is 2.64. The summed E-state index contributed by atoms with van der Waals surface area (Å²) in [7, 11) is 0. The van der Waals surface area contributed by atoms with Gasteiger partial charge in [0.1, 0.15) is 0 Å². The Kier molecular flexibility index (Phi) is 4.38. The van der Waals surface area contributed by atoms with Crippen molar-refractivity contribution in [2.75, 3.05) is 13.2 Å². The number of phenolic OH excluding ortho intramolecular Hbond substituents is 1. The van der Waals surface area contributed by atoms with Gasteiger partial charge in [-0.15, -0.1) is 0 Å². The molecule has 0 saturated heterocycles. The lowest BCUT2D eigenvalue weighted by atomic mass is 10.1. The molecule has 4 nitrogen and oxygen atoms in total. The van der Waals surface area contributed by atoms with Gasteiger partial charge in [0.2, 0.25) is 0 Å². The van der Waals surface area contributed by atoms with Crippen LogP contribution in [0.3, 0.4) is 0 Å². The topological polar surface area (TPSA) is 81.5 Å². The summed E-state index contributed by atoms with van der Waals surface area (Å²) in [6.07, 6.45) is 0. The predicted molar refractivity (Wildman–Crippen MR) is 63.0 cm³/mol. The largest absolute Gasteiger partial charge is 0.503 e. The molecule has 0 bridgehead atoms. The van der Waals surface area contributed by atoms with Crippen LogP contribution in [0.5, 0.6) is 11.5 Å². The number of rotatable bonds is 4. The van der Waals surface area contributed by atoms with Gasteiger partial charge < -0.3 is 21.3 Å². The van der Waals surface area contributed by atoms with Crippen molar-refractivity contribution in [3.8, 4) is 11.5 Å². The minimum absolute atomic E-state index is 0.0878. The van der Waals surface area contributed by atoms with Gasteiger partial charge in [-0.2, -0.15) is 0 Å². The quantitative estimate of drug-likeness (QED) is 0.778. The Balaban J connectivity index is 3.11. The van der Waals surface area contributed by atoms with Crippen LogP contribution in [0, 0.1) is 0 Å². The molecule has 0 heterocycles. The first-order valence-corrected chi connectivity index (χ1v) is 5.50. The number of nitrogens with two attached hydrogens (primary N) is 2. The molecule has 1 rings (SSSR count). The minimum Gasteiger partial charge on any atom is -0.503 e. The van der Waals surface area contributed by atoms with E-state index in [0.29, 0.717) is 23.4 Å². The Morgan fingerprint density at radius 1 is 1.53 bits per heavy atom. The summed E-state index contributed by atoms with van der Waals surface area (Å²) >= 11 is 3.24. The van der Waals surface area contributed by atoms with E-state index in [1.54, 1.807) is 12.1 Å². The average molecular weight is 275 g/mol. The van der Waals surface area contributed by atoms with Crippen LogP contribution in [-0.4, -0.2) is 18.3 Å². The standard InChI is InChI=1S/C10H15BrN2O2/c1-2-15-9-4-6(8(13)5-12)3-7(11)10(9)14/h3-4,8,14H,2,5,12-13H2,1H3/t8-/m1/s1. The van der Waals surface area contributed by atoms with Gasteiger partial charge in [-0.05, 0) is 40.5 Å².